The van der Waals surface area contributed by atoms with Crippen molar-refractivity contribution >= 4 is 6.09 Å². The van der Waals surface area contributed by atoms with Crippen LogP contribution in [0.5, 0.6) is 0 Å². The van der Waals surface area contributed by atoms with Crippen LogP contribution in [0, 0.1) is 19.7 Å². The molecule has 3 rings (SSSR count). The normalized spacial score (nSPS) is 17.0. The molecule has 0 bridgehead atoms. The highest BCUT2D eigenvalue weighted by Gasteiger charge is 2.35. The van der Waals surface area contributed by atoms with Crippen molar-refractivity contribution in [3.05, 3.63) is 40.5 Å². The van der Waals surface area contributed by atoms with E-state index in [-0.39, 0.29) is 18.0 Å². The zero-order chi connectivity index (χ0) is 20.1. The van der Waals surface area contributed by atoms with E-state index >= 15 is 0 Å². The molecule has 7 heteroatoms. The lowest BCUT2D eigenvalue weighted by Gasteiger charge is -2.34. The molecule has 1 atom stereocenters. The molecule has 1 aromatic heterocycles. The van der Waals surface area contributed by atoms with Crippen molar-refractivity contribution in [3.8, 4) is 11.4 Å². The highest BCUT2D eigenvalue weighted by molar-refractivity contribution is 5.69. The van der Waals surface area contributed by atoms with Gasteiger partial charge in [0.25, 0.3) is 0 Å². The van der Waals surface area contributed by atoms with E-state index in [0.717, 1.165) is 17.0 Å². The van der Waals surface area contributed by atoms with Gasteiger partial charge in [0, 0.05) is 18.5 Å². The van der Waals surface area contributed by atoms with Crippen LogP contribution in [0.25, 0.3) is 11.4 Å². The van der Waals surface area contributed by atoms with E-state index in [1.54, 1.807) is 30.9 Å². The number of benzene rings is 1. The summed E-state index contributed by atoms with van der Waals surface area (Å²) in [5.41, 5.74) is 2.94. The molecule has 27 heavy (non-hydrogen) atoms. The van der Waals surface area contributed by atoms with E-state index in [0.29, 0.717) is 29.9 Å². The van der Waals surface area contributed by atoms with Gasteiger partial charge in [0.2, 0.25) is 0 Å². The molecule has 0 spiro atoms. The summed E-state index contributed by atoms with van der Waals surface area (Å²) in [5, 5.41) is 0. The number of fused-ring (bicyclic) bond motifs is 1. The Bertz CT molecular complexity index is 875. The minimum atomic E-state index is -0.561. The van der Waals surface area contributed by atoms with Crippen LogP contribution in [0.3, 0.4) is 0 Å². The Labute approximate surface area is 159 Å². The van der Waals surface area contributed by atoms with Crippen LogP contribution in [-0.4, -0.2) is 32.8 Å². The number of nitrogens with two attached hydrogens (primary N) is 1. The number of hydrogen-bond acceptors (Lipinski definition) is 4. The lowest BCUT2D eigenvalue weighted by Crippen LogP contribution is -2.43. The summed E-state index contributed by atoms with van der Waals surface area (Å²) in [7, 11) is 0. The van der Waals surface area contributed by atoms with Crippen molar-refractivity contribution in [3.63, 3.8) is 0 Å². The molecule has 1 aliphatic heterocycles. The van der Waals surface area contributed by atoms with Crippen LogP contribution >= 0.6 is 0 Å². The highest BCUT2D eigenvalue weighted by atomic mass is 19.1. The van der Waals surface area contributed by atoms with Crippen LogP contribution in [-0.2, 0) is 11.2 Å². The number of carbonyl (C=O) groups excluding carboxylic acids is 1. The first-order valence-electron chi connectivity index (χ1n) is 9.13. The summed E-state index contributed by atoms with van der Waals surface area (Å²) < 4.78 is 21.0. The fourth-order valence-electron chi connectivity index (χ4n) is 3.53. The molecule has 0 fully saturated rings. The van der Waals surface area contributed by atoms with Crippen molar-refractivity contribution in [2.24, 2.45) is 0 Å². The van der Waals surface area contributed by atoms with Gasteiger partial charge in [-0.1, -0.05) is 0 Å². The molecule has 0 unspecified atom stereocenters. The zero-order valence-corrected chi connectivity index (χ0v) is 16.8. The maximum Gasteiger partial charge on any atom is 0.410 e. The van der Waals surface area contributed by atoms with Crippen molar-refractivity contribution in [1.29, 1.82) is 0 Å². The maximum atomic E-state index is 14.0. The van der Waals surface area contributed by atoms with Crippen LogP contribution in [0.4, 0.5) is 9.18 Å². The van der Waals surface area contributed by atoms with E-state index in [4.69, 9.17) is 10.6 Å². The molecule has 1 amide bonds. The second-order valence-corrected chi connectivity index (χ2v) is 8.16. The maximum absolute atomic E-state index is 14.0. The van der Waals surface area contributed by atoms with Crippen molar-refractivity contribution in [1.82, 2.24) is 14.6 Å². The summed E-state index contributed by atoms with van der Waals surface area (Å²) in [4.78, 5) is 18.9. The average molecular weight is 374 g/mol. The van der Waals surface area contributed by atoms with Gasteiger partial charge in [0.1, 0.15) is 11.4 Å². The van der Waals surface area contributed by atoms with Gasteiger partial charge in [0.05, 0.1) is 17.4 Å². The molecule has 146 valence electrons. The fraction of sp³-hybridized carbons (Fsp3) is 0.500. The molecular weight excluding hydrogens is 347 g/mol. The van der Waals surface area contributed by atoms with Gasteiger partial charge >= 0.3 is 6.09 Å². The van der Waals surface area contributed by atoms with Gasteiger partial charge in [-0.3, -0.25) is 4.90 Å². The van der Waals surface area contributed by atoms with E-state index < -0.39 is 5.60 Å². The molecule has 0 aliphatic carbocycles. The Morgan fingerprint density at radius 3 is 2.44 bits per heavy atom. The van der Waals surface area contributed by atoms with Crippen LogP contribution in [0.2, 0.25) is 0 Å². The molecule has 1 aliphatic rings. The Morgan fingerprint density at radius 2 is 1.89 bits per heavy atom. The Kier molecular flexibility index (Phi) is 4.66. The Balaban J connectivity index is 1.98. The summed E-state index contributed by atoms with van der Waals surface area (Å²) in [6.07, 6.45) is 0.229. The Morgan fingerprint density at radius 1 is 1.30 bits per heavy atom. The predicted molar refractivity (Wildman–Crippen MR) is 102 cm³/mol. The minimum Gasteiger partial charge on any atom is -0.444 e. The molecular formula is C20H27FN4O2. The third-order valence-corrected chi connectivity index (χ3v) is 4.80. The first kappa shape index (κ1) is 19.2. The number of imidazole rings is 1. The lowest BCUT2D eigenvalue weighted by molar-refractivity contribution is 0.0153. The lowest BCUT2D eigenvalue weighted by atomic mass is 10.0. The van der Waals surface area contributed by atoms with Gasteiger partial charge in [0.15, 0.2) is 5.82 Å². The largest absolute Gasteiger partial charge is 0.444 e. The minimum absolute atomic E-state index is 0.219. The first-order chi connectivity index (χ1) is 12.5. The molecule has 2 heterocycles. The molecule has 6 nitrogen and oxygen atoms in total. The van der Waals surface area contributed by atoms with E-state index in [9.17, 15) is 9.18 Å². The number of halogens is 1. The van der Waals surface area contributed by atoms with Crippen molar-refractivity contribution in [2.75, 3.05) is 12.4 Å². The number of carbonyl (C=O) groups is 1. The number of hydrogen-bond donors (Lipinski definition) is 1. The van der Waals surface area contributed by atoms with Gasteiger partial charge in [-0.25, -0.2) is 18.8 Å². The number of rotatable bonds is 1. The number of aromatic nitrogens is 2. The number of ether oxygens (including phenoxy) is 1. The topological polar surface area (TPSA) is 73.4 Å². The predicted octanol–water partition coefficient (Wildman–Crippen LogP) is 3.87. The summed E-state index contributed by atoms with van der Waals surface area (Å²) in [5.74, 6) is 6.71. The second-order valence-electron chi connectivity index (χ2n) is 8.16. The fourth-order valence-corrected chi connectivity index (χ4v) is 3.53. The van der Waals surface area contributed by atoms with E-state index in [1.807, 2.05) is 27.7 Å². The molecule has 0 saturated heterocycles. The zero-order valence-electron chi connectivity index (χ0n) is 16.8. The molecule has 2 N–H and O–H groups in total. The van der Waals surface area contributed by atoms with Gasteiger partial charge < -0.3 is 10.6 Å². The van der Waals surface area contributed by atoms with Crippen LogP contribution < -0.4 is 5.84 Å². The summed E-state index contributed by atoms with van der Waals surface area (Å²) in [6.45, 7) is 11.4. The number of nitrogens with zero attached hydrogens (tertiary/aromatic N) is 3. The van der Waals surface area contributed by atoms with Crippen molar-refractivity contribution < 1.29 is 13.9 Å². The third-order valence-electron chi connectivity index (χ3n) is 4.80. The highest BCUT2D eigenvalue weighted by Crippen LogP contribution is 2.33. The SMILES string of the molecule is Cc1cc(-c2nc3c(n2N)[C@H](C)N(C(=O)OC(C)(C)C)CC3)cc(C)c1F. The van der Waals surface area contributed by atoms with Gasteiger partial charge in [-0.05, 0) is 64.8 Å². The smallest absolute Gasteiger partial charge is 0.410 e. The van der Waals surface area contributed by atoms with Gasteiger partial charge in [-0.15, -0.1) is 0 Å². The number of amides is 1. The molecule has 0 saturated carbocycles. The van der Waals surface area contributed by atoms with Gasteiger partial charge in [-0.2, -0.15) is 0 Å². The summed E-state index contributed by atoms with van der Waals surface area (Å²) >= 11 is 0. The quantitative estimate of drug-likeness (QED) is 0.769. The number of nitrogen functional groups attached to an aromatic ring is 1. The molecule has 0 radical (unpaired) electrons. The van der Waals surface area contributed by atoms with Crippen LogP contribution in [0.15, 0.2) is 12.1 Å². The average Bonchev–Trinajstić information content (AvgIpc) is 2.88. The molecule has 2 aromatic rings. The monoisotopic (exact) mass is 374 g/mol. The van der Waals surface area contributed by atoms with Crippen LogP contribution in [0.1, 0.15) is 56.3 Å². The number of aryl methyl sites for hydroxylation is 2. The Hall–Kier alpha value is -2.57. The van der Waals surface area contributed by atoms with E-state index in [2.05, 4.69) is 4.98 Å². The first-order valence-corrected chi connectivity index (χ1v) is 9.13. The van der Waals surface area contributed by atoms with Crippen molar-refractivity contribution in [2.45, 2.75) is 59.6 Å². The third kappa shape index (κ3) is 3.50. The molecule has 1 aromatic carbocycles. The second kappa shape index (κ2) is 6.55. The summed E-state index contributed by atoms with van der Waals surface area (Å²) in [6, 6.07) is 3.23. The van der Waals surface area contributed by atoms with E-state index in [1.165, 1.54) is 4.68 Å². The standard InChI is InChI=1S/C20H27FN4O2/c1-11-9-14(10-12(2)16(11)21)18-23-15-7-8-24(13(3)17(15)25(18)22)19(26)27-20(4,5)6/h9-10,13H,7-8,22H2,1-6H3/t13-/m0/s1.